The van der Waals surface area contributed by atoms with Crippen molar-refractivity contribution >= 4 is 11.4 Å². The smallest absolute Gasteiger partial charge is 0.153 e. The van der Waals surface area contributed by atoms with Crippen LogP contribution in [-0.4, -0.2) is 15.3 Å². The number of nitrogens with two attached hydrogens (primary N) is 2. The van der Waals surface area contributed by atoms with Gasteiger partial charge < -0.3 is 21.9 Å². The SMILES string of the molecule is Nc1ccc(-c2cnn(CC3CCC3)c2)cc1[NH2+][O-].O. The molecule has 1 aliphatic rings. The Hall–Kier alpha value is -1.89. The quantitative estimate of drug-likeness (QED) is 0.635. The number of hydrogen-bond donors (Lipinski definition) is 2. The molecule has 3 rings (SSSR count). The van der Waals surface area contributed by atoms with Crippen molar-refractivity contribution < 1.29 is 11.0 Å². The monoisotopic (exact) mass is 276 g/mol. The van der Waals surface area contributed by atoms with Crippen molar-refractivity contribution in [1.82, 2.24) is 9.78 Å². The summed E-state index contributed by atoms with van der Waals surface area (Å²) in [5.74, 6) is 0.782. The highest BCUT2D eigenvalue weighted by atomic mass is 16.5. The molecule has 6 nitrogen and oxygen atoms in total. The summed E-state index contributed by atoms with van der Waals surface area (Å²) in [5.41, 5.74) is 9.57. The molecule has 0 saturated heterocycles. The lowest BCUT2D eigenvalue weighted by molar-refractivity contribution is -0.496. The molecule has 6 heteroatoms. The molecular formula is C14H20N4O2. The van der Waals surface area contributed by atoms with Gasteiger partial charge in [-0.25, -0.2) is 0 Å². The number of benzene rings is 1. The van der Waals surface area contributed by atoms with E-state index in [2.05, 4.69) is 5.10 Å². The second kappa shape index (κ2) is 6.04. The molecule has 0 spiro atoms. The molecule has 1 heterocycles. The van der Waals surface area contributed by atoms with Gasteiger partial charge in [-0.05, 0) is 30.4 Å². The van der Waals surface area contributed by atoms with E-state index in [-0.39, 0.29) is 5.48 Å². The Kier molecular flexibility index (Phi) is 4.39. The summed E-state index contributed by atoms with van der Waals surface area (Å²) in [6.45, 7) is 0.996. The van der Waals surface area contributed by atoms with E-state index in [0.717, 1.165) is 29.1 Å². The fourth-order valence-electron chi connectivity index (χ4n) is 2.41. The van der Waals surface area contributed by atoms with E-state index in [9.17, 15) is 5.21 Å². The summed E-state index contributed by atoms with van der Waals surface area (Å²) in [7, 11) is 0. The zero-order chi connectivity index (χ0) is 13.2. The number of nitrogen functional groups attached to an aromatic ring is 1. The zero-order valence-electron chi connectivity index (χ0n) is 11.2. The molecule has 0 amide bonds. The molecule has 6 N–H and O–H groups in total. The molecule has 20 heavy (non-hydrogen) atoms. The molecule has 0 aliphatic heterocycles. The largest absolute Gasteiger partial charge is 0.630 e. The van der Waals surface area contributed by atoms with Gasteiger partial charge in [-0.3, -0.25) is 4.68 Å². The van der Waals surface area contributed by atoms with Gasteiger partial charge in [-0.15, -0.1) is 0 Å². The van der Waals surface area contributed by atoms with Crippen LogP contribution in [0.1, 0.15) is 19.3 Å². The molecule has 0 unspecified atom stereocenters. The standard InChI is InChI=1S/C14H18N4O.H2O/c15-13-5-4-11(6-14(13)17-19)12-7-16-18(9-12)8-10-2-1-3-10;/h4-7,9-10H,1-3,8,15,17H2;1H2. The molecule has 1 aromatic heterocycles. The van der Waals surface area contributed by atoms with Crippen LogP contribution in [0.2, 0.25) is 0 Å². The first kappa shape index (κ1) is 14.5. The number of hydrogen-bond acceptors (Lipinski definition) is 3. The Bertz CT molecular complexity index is 578. The Labute approximate surface area is 117 Å². The van der Waals surface area contributed by atoms with Gasteiger partial charge >= 0.3 is 0 Å². The van der Waals surface area contributed by atoms with Crippen LogP contribution in [0.15, 0.2) is 30.6 Å². The van der Waals surface area contributed by atoms with Crippen LogP contribution in [0, 0.1) is 11.1 Å². The molecule has 1 aromatic carbocycles. The number of rotatable bonds is 4. The molecule has 1 fully saturated rings. The number of quaternary nitrogens is 1. The van der Waals surface area contributed by atoms with Crippen molar-refractivity contribution in [2.45, 2.75) is 25.8 Å². The van der Waals surface area contributed by atoms with E-state index in [0.29, 0.717) is 11.4 Å². The summed E-state index contributed by atoms with van der Waals surface area (Å²) < 4.78 is 2.00. The van der Waals surface area contributed by atoms with Gasteiger partial charge in [0.2, 0.25) is 0 Å². The summed E-state index contributed by atoms with van der Waals surface area (Å²) in [6.07, 6.45) is 7.86. The Morgan fingerprint density at radius 2 is 2.15 bits per heavy atom. The third kappa shape index (κ3) is 2.82. The lowest BCUT2D eigenvalue weighted by Gasteiger charge is -2.24. The van der Waals surface area contributed by atoms with Crippen molar-refractivity contribution in [3.8, 4) is 11.1 Å². The van der Waals surface area contributed by atoms with Gasteiger partial charge in [-0.2, -0.15) is 5.10 Å². The first-order valence-electron chi connectivity index (χ1n) is 6.64. The molecule has 108 valence electrons. The fraction of sp³-hybridized carbons (Fsp3) is 0.357. The first-order valence-corrected chi connectivity index (χ1v) is 6.64. The third-order valence-electron chi connectivity index (χ3n) is 3.85. The van der Waals surface area contributed by atoms with E-state index < -0.39 is 0 Å². The summed E-state index contributed by atoms with van der Waals surface area (Å²) in [5, 5.41) is 15.3. The minimum atomic E-state index is 0. The predicted octanol–water partition coefficient (Wildman–Crippen LogP) is 0.800. The highest BCUT2D eigenvalue weighted by molar-refractivity contribution is 5.71. The molecule has 2 aromatic rings. The van der Waals surface area contributed by atoms with Gasteiger partial charge in [0, 0.05) is 24.4 Å². The number of nitrogens with zero attached hydrogens (tertiary/aromatic N) is 2. The van der Waals surface area contributed by atoms with Crippen LogP contribution in [0.4, 0.5) is 11.4 Å². The van der Waals surface area contributed by atoms with E-state index in [1.54, 1.807) is 6.07 Å². The minimum absolute atomic E-state index is 0. The highest BCUT2D eigenvalue weighted by Gasteiger charge is 2.18. The maximum absolute atomic E-state index is 10.9. The molecule has 0 bridgehead atoms. The molecule has 1 saturated carbocycles. The normalized spacial score (nSPS) is 14.7. The minimum Gasteiger partial charge on any atom is -0.630 e. The van der Waals surface area contributed by atoms with E-state index in [1.807, 2.05) is 29.2 Å². The van der Waals surface area contributed by atoms with Gasteiger partial charge in [0.05, 0.1) is 11.9 Å². The van der Waals surface area contributed by atoms with Crippen LogP contribution in [0.3, 0.4) is 0 Å². The van der Waals surface area contributed by atoms with Crippen molar-refractivity contribution in [1.29, 1.82) is 0 Å². The zero-order valence-corrected chi connectivity index (χ0v) is 11.2. The summed E-state index contributed by atoms with van der Waals surface area (Å²) >= 11 is 0. The van der Waals surface area contributed by atoms with Crippen molar-refractivity contribution in [2.24, 2.45) is 5.92 Å². The lowest BCUT2D eigenvalue weighted by Crippen LogP contribution is -2.70. The average Bonchev–Trinajstić information content (AvgIpc) is 2.83. The highest BCUT2D eigenvalue weighted by Crippen LogP contribution is 2.29. The van der Waals surface area contributed by atoms with Crippen molar-refractivity contribution in [3.05, 3.63) is 35.8 Å². The topological polar surface area (TPSA) is 115 Å². The number of anilines is 1. The Balaban J connectivity index is 0.00000147. The van der Waals surface area contributed by atoms with E-state index in [1.165, 1.54) is 19.3 Å². The second-order valence-electron chi connectivity index (χ2n) is 5.21. The van der Waals surface area contributed by atoms with Crippen LogP contribution in [0.25, 0.3) is 11.1 Å². The van der Waals surface area contributed by atoms with Crippen LogP contribution in [-0.2, 0) is 6.54 Å². The van der Waals surface area contributed by atoms with Gasteiger partial charge in [-0.1, -0.05) is 12.5 Å². The third-order valence-corrected chi connectivity index (χ3v) is 3.85. The predicted molar refractivity (Wildman–Crippen MR) is 78.0 cm³/mol. The fourth-order valence-corrected chi connectivity index (χ4v) is 2.41. The lowest BCUT2D eigenvalue weighted by atomic mass is 9.85. The molecular weight excluding hydrogens is 256 g/mol. The summed E-state index contributed by atoms with van der Waals surface area (Å²) in [6, 6.07) is 5.50. The van der Waals surface area contributed by atoms with Gasteiger partial charge in [0.1, 0.15) is 0 Å². The maximum atomic E-state index is 10.9. The van der Waals surface area contributed by atoms with Crippen LogP contribution < -0.4 is 11.2 Å². The van der Waals surface area contributed by atoms with Crippen LogP contribution in [0.5, 0.6) is 0 Å². The van der Waals surface area contributed by atoms with E-state index in [4.69, 9.17) is 5.73 Å². The summed E-state index contributed by atoms with van der Waals surface area (Å²) in [4.78, 5) is 0. The average molecular weight is 276 g/mol. The van der Waals surface area contributed by atoms with Crippen molar-refractivity contribution in [2.75, 3.05) is 5.73 Å². The Morgan fingerprint density at radius 1 is 1.35 bits per heavy atom. The van der Waals surface area contributed by atoms with Crippen LogP contribution >= 0.6 is 0 Å². The number of aromatic nitrogens is 2. The van der Waals surface area contributed by atoms with Crippen molar-refractivity contribution in [3.63, 3.8) is 0 Å². The van der Waals surface area contributed by atoms with Gasteiger partial charge in [0.15, 0.2) is 5.69 Å². The first-order chi connectivity index (χ1) is 9.26. The second-order valence-corrected chi connectivity index (χ2v) is 5.21. The molecule has 1 aliphatic carbocycles. The maximum Gasteiger partial charge on any atom is 0.153 e. The Morgan fingerprint density at radius 3 is 2.80 bits per heavy atom. The van der Waals surface area contributed by atoms with E-state index >= 15 is 0 Å². The molecule has 0 radical (unpaired) electrons. The molecule has 0 atom stereocenters. The van der Waals surface area contributed by atoms with Gasteiger partial charge in [0.25, 0.3) is 0 Å².